The number of aryl methyl sites for hydroxylation is 2. The van der Waals surface area contributed by atoms with Crippen LogP contribution in [-0.2, 0) is 20.5 Å². The normalized spacial score (nSPS) is 19.5. The number of amides is 1. The summed E-state index contributed by atoms with van der Waals surface area (Å²) in [5.41, 5.74) is 3.32. The number of carbonyl (C=O) groups excluding carboxylic acids is 1. The number of hydrogen-bond donors (Lipinski definition) is 0. The zero-order valence-electron chi connectivity index (χ0n) is 18.6. The maximum absolute atomic E-state index is 14.0. The van der Waals surface area contributed by atoms with Crippen molar-refractivity contribution in [1.82, 2.24) is 29.4 Å². The Labute approximate surface area is 192 Å². The van der Waals surface area contributed by atoms with Gasteiger partial charge < -0.3 is 4.90 Å². The molecule has 7 nitrogen and oxygen atoms in total. The number of hydrogen-bond acceptors (Lipinski definition) is 4. The van der Waals surface area contributed by atoms with Crippen LogP contribution in [0, 0.1) is 17.5 Å². The largest absolute Gasteiger partial charge is 0.325 e. The lowest BCUT2D eigenvalue weighted by atomic mass is 9.81. The molecule has 10 heteroatoms. The molecule has 1 aromatic carbocycles. The molecule has 2 aliphatic rings. The quantitative estimate of drug-likeness (QED) is 0.418. The molecule has 4 aromatic rings. The molecular weight excluding hydrogens is 445 g/mol. The second-order valence-electron chi connectivity index (χ2n) is 8.95. The van der Waals surface area contributed by atoms with Crippen LogP contribution in [0.4, 0.5) is 13.2 Å². The summed E-state index contributed by atoms with van der Waals surface area (Å²) in [5, 5.41) is 9.83. The summed E-state index contributed by atoms with van der Waals surface area (Å²) in [6.45, 7) is 0. The average Bonchev–Trinajstić information content (AvgIpc) is 3.33. The Morgan fingerprint density at radius 3 is 2.59 bits per heavy atom. The first-order valence-corrected chi connectivity index (χ1v) is 11.2. The summed E-state index contributed by atoms with van der Waals surface area (Å²) < 4.78 is 44.7. The van der Waals surface area contributed by atoms with Gasteiger partial charge in [-0.3, -0.25) is 9.48 Å². The van der Waals surface area contributed by atoms with Crippen molar-refractivity contribution in [3.8, 4) is 11.3 Å². The van der Waals surface area contributed by atoms with E-state index in [-0.39, 0.29) is 23.6 Å². The van der Waals surface area contributed by atoms with Crippen LogP contribution in [0.5, 0.6) is 0 Å². The first-order chi connectivity index (χ1) is 16.3. The molecule has 34 heavy (non-hydrogen) atoms. The average molecular weight is 466 g/mol. The summed E-state index contributed by atoms with van der Waals surface area (Å²) in [5.74, 6) is -4.16. The van der Waals surface area contributed by atoms with E-state index in [0.29, 0.717) is 34.5 Å². The minimum absolute atomic E-state index is 0.106. The molecule has 0 aliphatic carbocycles. The molecule has 0 spiro atoms. The van der Waals surface area contributed by atoms with Crippen LogP contribution in [-0.4, -0.2) is 41.4 Å². The number of benzene rings is 1. The number of pyridine rings is 1. The number of nitrogens with zero attached hydrogens (tertiary/aromatic N) is 6. The van der Waals surface area contributed by atoms with Crippen LogP contribution in [0.25, 0.3) is 22.3 Å². The van der Waals surface area contributed by atoms with Crippen LogP contribution < -0.4 is 0 Å². The van der Waals surface area contributed by atoms with Crippen molar-refractivity contribution in [2.45, 2.75) is 37.8 Å². The van der Waals surface area contributed by atoms with E-state index < -0.39 is 17.5 Å². The highest BCUT2D eigenvalue weighted by Crippen LogP contribution is 2.45. The second kappa shape index (κ2) is 7.41. The topological polar surface area (TPSA) is 68.8 Å². The molecule has 1 fully saturated rings. The summed E-state index contributed by atoms with van der Waals surface area (Å²) in [6, 6.07) is 5.22. The Bertz CT molecular complexity index is 1450. The highest BCUT2D eigenvalue weighted by molar-refractivity contribution is 6.04. The van der Waals surface area contributed by atoms with Crippen LogP contribution in [0.3, 0.4) is 0 Å². The molecule has 1 amide bonds. The zero-order chi connectivity index (χ0) is 23.7. The Balaban J connectivity index is 1.46. The fourth-order valence-electron chi connectivity index (χ4n) is 5.57. The van der Waals surface area contributed by atoms with E-state index in [4.69, 9.17) is 0 Å². The van der Waals surface area contributed by atoms with Crippen molar-refractivity contribution in [1.29, 1.82) is 0 Å². The molecule has 0 N–H and O–H groups in total. The molecule has 0 unspecified atom stereocenters. The summed E-state index contributed by atoms with van der Waals surface area (Å²) >= 11 is 0. The highest BCUT2D eigenvalue weighted by Gasteiger charge is 2.44. The second-order valence-corrected chi connectivity index (χ2v) is 8.95. The molecule has 2 bridgehead atoms. The van der Waals surface area contributed by atoms with Gasteiger partial charge in [0.1, 0.15) is 0 Å². The summed E-state index contributed by atoms with van der Waals surface area (Å²) in [6.07, 6.45) is 4.61. The van der Waals surface area contributed by atoms with Gasteiger partial charge in [0.15, 0.2) is 28.8 Å². The van der Waals surface area contributed by atoms with E-state index in [0.717, 1.165) is 37.0 Å². The molecule has 6 rings (SSSR count). The number of piperidine rings is 1. The third-order valence-electron chi connectivity index (χ3n) is 6.97. The maximum atomic E-state index is 14.0. The Morgan fingerprint density at radius 2 is 1.82 bits per heavy atom. The van der Waals surface area contributed by atoms with Gasteiger partial charge in [-0.25, -0.2) is 22.8 Å². The summed E-state index contributed by atoms with van der Waals surface area (Å²) in [7, 11) is 3.45. The van der Waals surface area contributed by atoms with Crippen molar-refractivity contribution >= 4 is 16.9 Å². The molecule has 2 atom stereocenters. The fourth-order valence-corrected chi connectivity index (χ4v) is 5.57. The van der Waals surface area contributed by atoms with E-state index in [9.17, 15) is 18.0 Å². The molecule has 1 saturated heterocycles. The van der Waals surface area contributed by atoms with Crippen molar-refractivity contribution in [3.63, 3.8) is 0 Å². The van der Waals surface area contributed by atoms with E-state index in [1.54, 1.807) is 35.7 Å². The number of carbonyl (C=O) groups is 1. The monoisotopic (exact) mass is 466 g/mol. The lowest BCUT2D eigenvalue weighted by molar-refractivity contribution is 0.0387. The van der Waals surface area contributed by atoms with Gasteiger partial charge in [-0.2, -0.15) is 10.2 Å². The van der Waals surface area contributed by atoms with Crippen molar-refractivity contribution in [2.75, 3.05) is 0 Å². The third kappa shape index (κ3) is 2.90. The number of fused-ring (bicyclic) bond motifs is 5. The molecule has 0 radical (unpaired) electrons. The van der Waals surface area contributed by atoms with Crippen molar-refractivity contribution in [2.24, 2.45) is 14.1 Å². The van der Waals surface area contributed by atoms with Gasteiger partial charge in [0.2, 0.25) is 0 Å². The van der Waals surface area contributed by atoms with E-state index >= 15 is 0 Å². The van der Waals surface area contributed by atoms with Gasteiger partial charge in [-0.1, -0.05) is 0 Å². The molecule has 0 saturated carbocycles. The first kappa shape index (κ1) is 20.9. The van der Waals surface area contributed by atoms with Crippen LogP contribution in [0.15, 0.2) is 30.5 Å². The standard InChI is InChI=1S/C24H21F3N6O/c1-31-22(12-9-16(25)19(27)17(26)10-12)15-11-13-5-3-7-18(20(15)29-31)33(13)24(34)21-14-6-4-8-28-23(14)32(2)30-21/h4,6,8-10,13,18H,3,5,7,11H2,1-2H3/t13-,18+/m0/s1. The van der Waals surface area contributed by atoms with Crippen LogP contribution in [0.2, 0.25) is 0 Å². The molecule has 3 aromatic heterocycles. The van der Waals surface area contributed by atoms with Gasteiger partial charge in [0.25, 0.3) is 5.91 Å². The Kier molecular flexibility index (Phi) is 4.55. The van der Waals surface area contributed by atoms with Gasteiger partial charge in [-0.15, -0.1) is 0 Å². The predicted molar refractivity (Wildman–Crippen MR) is 117 cm³/mol. The Hall–Kier alpha value is -3.69. The van der Waals surface area contributed by atoms with E-state index in [2.05, 4.69) is 15.2 Å². The van der Waals surface area contributed by atoms with Crippen molar-refractivity contribution in [3.05, 3.63) is 64.9 Å². The fraction of sp³-hybridized carbons (Fsp3) is 0.333. The SMILES string of the molecule is Cn1nc2c(c1-c1cc(F)c(F)c(F)c1)C[C@@H]1CCC[C@H]2N1C(=O)c1nn(C)c2ncccc12. The van der Waals surface area contributed by atoms with Gasteiger partial charge in [0, 0.05) is 37.5 Å². The van der Waals surface area contributed by atoms with Gasteiger partial charge >= 0.3 is 0 Å². The molecule has 2 aliphatic heterocycles. The molecule has 5 heterocycles. The van der Waals surface area contributed by atoms with Crippen molar-refractivity contribution < 1.29 is 18.0 Å². The lowest BCUT2D eigenvalue weighted by Crippen LogP contribution is -2.50. The number of aromatic nitrogens is 5. The minimum atomic E-state index is -1.49. The molecule has 174 valence electrons. The van der Waals surface area contributed by atoms with E-state index in [1.807, 2.05) is 11.0 Å². The molecular formula is C24H21F3N6O. The third-order valence-corrected chi connectivity index (χ3v) is 6.97. The lowest BCUT2D eigenvalue weighted by Gasteiger charge is -2.45. The number of halogens is 3. The van der Waals surface area contributed by atoms with E-state index in [1.165, 1.54) is 0 Å². The first-order valence-electron chi connectivity index (χ1n) is 11.2. The maximum Gasteiger partial charge on any atom is 0.275 e. The Morgan fingerprint density at radius 1 is 1.06 bits per heavy atom. The van der Waals surface area contributed by atoms with Gasteiger partial charge in [-0.05, 0) is 49.9 Å². The van der Waals surface area contributed by atoms with Gasteiger partial charge in [0.05, 0.1) is 22.8 Å². The highest BCUT2D eigenvalue weighted by atomic mass is 19.2. The smallest absolute Gasteiger partial charge is 0.275 e. The predicted octanol–water partition coefficient (Wildman–Crippen LogP) is 4.08. The number of rotatable bonds is 2. The van der Waals surface area contributed by atoms with Crippen LogP contribution in [0.1, 0.15) is 47.1 Å². The van der Waals surface area contributed by atoms with Crippen LogP contribution >= 0.6 is 0 Å². The zero-order valence-corrected chi connectivity index (χ0v) is 18.6. The summed E-state index contributed by atoms with van der Waals surface area (Å²) in [4.78, 5) is 20.0. The minimum Gasteiger partial charge on any atom is -0.325 e.